The van der Waals surface area contributed by atoms with Gasteiger partial charge in [0.15, 0.2) is 0 Å². The molecule has 5 nitrogen and oxygen atoms in total. The summed E-state index contributed by atoms with van der Waals surface area (Å²) in [5, 5.41) is 7.39. The molecule has 0 fully saturated rings. The lowest BCUT2D eigenvalue weighted by Gasteiger charge is -2.18. The second kappa shape index (κ2) is 8.31. The van der Waals surface area contributed by atoms with E-state index < -0.39 is 6.03 Å². The molecule has 0 spiro atoms. The molecule has 3 aromatic rings. The summed E-state index contributed by atoms with van der Waals surface area (Å²) in [6, 6.07) is 19.1. The van der Waals surface area contributed by atoms with Crippen molar-refractivity contribution in [2.24, 2.45) is 0 Å². The average Bonchev–Trinajstić information content (AvgIpc) is 2.67. The summed E-state index contributed by atoms with van der Waals surface area (Å²) in [5.74, 6) is -0.691. The Kier molecular flexibility index (Phi) is 5.66. The van der Waals surface area contributed by atoms with Gasteiger partial charge in [-0.05, 0) is 17.5 Å². The smallest absolute Gasteiger partial charge is 0.317 e. The molecular weight excluding hydrogens is 345 g/mol. The maximum Gasteiger partial charge on any atom is 0.317 e. The third-order valence-corrected chi connectivity index (χ3v) is 4.18. The largest absolute Gasteiger partial charge is 0.334 e. The van der Waals surface area contributed by atoms with Crippen LogP contribution in [0.3, 0.4) is 0 Å². The number of carbonyl (C=O) groups is 2. The molecule has 0 saturated carbocycles. The van der Waals surface area contributed by atoms with E-state index in [1.807, 2.05) is 42.5 Å². The Hall–Kier alpha value is -3.41. The lowest BCUT2D eigenvalue weighted by atomic mass is 10.1. The molecule has 0 bridgehead atoms. The van der Waals surface area contributed by atoms with Crippen LogP contribution in [0.4, 0.5) is 14.9 Å². The molecule has 3 rings (SSSR count). The van der Waals surface area contributed by atoms with Crippen molar-refractivity contribution in [1.82, 2.24) is 10.2 Å². The topological polar surface area (TPSA) is 61.4 Å². The lowest BCUT2D eigenvalue weighted by Crippen LogP contribution is -2.41. The number of urea groups is 1. The monoisotopic (exact) mass is 365 g/mol. The normalized spacial score (nSPS) is 10.4. The number of anilines is 1. The predicted molar refractivity (Wildman–Crippen MR) is 104 cm³/mol. The Balaban J connectivity index is 1.57. The molecule has 6 heteroatoms. The summed E-state index contributed by atoms with van der Waals surface area (Å²) < 4.78 is 13.6. The van der Waals surface area contributed by atoms with Crippen LogP contribution in [0.2, 0.25) is 0 Å². The summed E-state index contributed by atoms with van der Waals surface area (Å²) in [4.78, 5) is 25.7. The molecule has 138 valence electrons. The van der Waals surface area contributed by atoms with Gasteiger partial charge in [-0.15, -0.1) is 0 Å². The highest BCUT2D eigenvalue weighted by molar-refractivity contribution is 6.03. The van der Waals surface area contributed by atoms with Gasteiger partial charge < -0.3 is 15.5 Å². The van der Waals surface area contributed by atoms with Crippen molar-refractivity contribution in [3.05, 3.63) is 78.1 Å². The van der Waals surface area contributed by atoms with Gasteiger partial charge in [-0.25, -0.2) is 9.18 Å². The minimum atomic E-state index is -0.452. The highest BCUT2D eigenvalue weighted by Crippen LogP contribution is 2.22. The van der Waals surface area contributed by atoms with E-state index in [1.54, 1.807) is 18.2 Å². The number of nitrogens with zero attached hydrogens (tertiary/aromatic N) is 1. The third kappa shape index (κ3) is 4.61. The van der Waals surface area contributed by atoms with Gasteiger partial charge in [-0.3, -0.25) is 4.79 Å². The minimum absolute atomic E-state index is 0.0563. The van der Waals surface area contributed by atoms with Crippen molar-refractivity contribution < 1.29 is 14.0 Å². The van der Waals surface area contributed by atoms with Gasteiger partial charge in [0.2, 0.25) is 5.91 Å². The van der Waals surface area contributed by atoms with Crippen molar-refractivity contribution >= 4 is 28.4 Å². The average molecular weight is 365 g/mol. The molecule has 0 aromatic heterocycles. The molecule has 0 atom stereocenters. The number of benzene rings is 3. The van der Waals surface area contributed by atoms with E-state index in [9.17, 15) is 14.0 Å². The Bertz CT molecular complexity index is 969. The fraction of sp³-hybridized carbons (Fsp3) is 0.143. The summed E-state index contributed by atoms with van der Waals surface area (Å²) in [6.45, 7) is -0.0624. The molecular formula is C21H20FN3O2. The fourth-order valence-electron chi connectivity index (χ4n) is 2.76. The fourth-order valence-corrected chi connectivity index (χ4v) is 2.76. The van der Waals surface area contributed by atoms with E-state index in [-0.39, 0.29) is 24.8 Å². The SMILES string of the molecule is CN(CC(=O)Nc1cccc2ccccc12)C(=O)NCc1ccccc1F. The summed E-state index contributed by atoms with van der Waals surface area (Å²) >= 11 is 0. The van der Waals surface area contributed by atoms with Gasteiger partial charge in [-0.2, -0.15) is 0 Å². The Morgan fingerprint density at radius 2 is 1.67 bits per heavy atom. The highest BCUT2D eigenvalue weighted by atomic mass is 19.1. The maximum absolute atomic E-state index is 13.6. The van der Waals surface area contributed by atoms with E-state index >= 15 is 0 Å². The number of rotatable bonds is 5. The number of amides is 3. The number of fused-ring (bicyclic) bond motifs is 1. The minimum Gasteiger partial charge on any atom is -0.334 e. The van der Waals surface area contributed by atoms with Crippen LogP contribution >= 0.6 is 0 Å². The van der Waals surface area contributed by atoms with Crippen LogP contribution in [0.25, 0.3) is 10.8 Å². The standard InChI is InChI=1S/C21H20FN3O2/c1-25(21(27)23-13-16-8-3-5-11-18(16)22)14-20(26)24-19-12-6-9-15-7-2-4-10-17(15)19/h2-12H,13-14H2,1H3,(H,23,27)(H,24,26). The number of hydrogen-bond acceptors (Lipinski definition) is 2. The van der Waals surface area contributed by atoms with E-state index in [2.05, 4.69) is 10.6 Å². The van der Waals surface area contributed by atoms with Crippen molar-refractivity contribution in [3.8, 4) is 0 Å². The quantitative estimate of drug-likeness (QED) is 0.723. The zero-order valence-electron chi connectivity index (χ0n) is 14.9. The first-order chi connectivity index (χ1) is 13.0. The Morgan fingerprint density at radius 1 is 0.963 bits per heavy atom. The second-order valence-corrected chi connectivity index (χ2v) is 6.18. The number of halogens is 1. The van der Waals surface area contributed by atoms with E-state index in [0.717, 1.165) is 10.8 Å². The number of nitrogens with one attached hydrogen (secondary N) is 2. The first kappa shape index (κ1) is 18.4. The van der Waals surface area contributed by atoms with Crippen molar-refractivity contribution in [2.75, 3.05) is 18.9 Å². The van der Waals surface area contributed by atoms with Crippen LogP contribution in [-0.2, 0) is 11.3 Å². The maximum atomic E-state index is 13.6. The van der Waals surface area contributed by atoms with Crippen LogP contribution in [-0.4, -0.2) is 30.4 Å². The van der Waals surface area contributed by atoms with E-state index in [1.165, 1.54) is 18.0 Å². The molecule has 0 aliphatic carbocycles. The second-order valence-electron chi connectivity index (χ2n) is 6.18. The molecule has 0 heterocycles. The molecule has 0 aliphatic heterocycles. The zero-order chi connectivity index (χ0) is 19.2. The number of hydrogen-bond donors (Lipinski definition) is 2. The van der Waals surface area contributed by atoms with Crippen LogP contribution in [0.15, 0.2) is 66.7 Å². The van der Waals surface area contributed by atoms with Crippen LogP contribution in [0.1, 0.15) is 5.56 Å². The molecule has 27 heavy (non-hydrogen) atoms. The molecule has 3 amide bonds. The lowest BCUT2D eigenvalue weighted by molar-refractivity contribution is -0.116. The predicted octanol–water partition coefficient (Wildman–Crippen LogP) is 3.76. The Morgan fingerprint density at radius 3 is 2.48 bits per heavy atom. The molecule has 0 aliphatic rings. The number of likely N-dealkylation sites (N-methyl/N-ethyl adjacent to an activating group) is 1. The highest BCUT2D eigenvalue weighted by Gasteiger charge is 2.14. The van der Waals surface area contributed by atoms with Crippen molar-refractivity contribution in [3.63, 3.8) is 0 Å². The molecule has 0 unspecified atom stereocenters. The molecule has 3 aromatic carbocycles. The third-order valence-electron chi connectivity index (χ3n) is 4.18. The van der Waals surface area contributed by atoms with Crippen LogP contribution < -0.4 is 10.6 Å². The summed E-state index contributed by atoms with van der Waals surface area (Å²) in [7, 11) is 1.51. The van der Waals surface area contributed by atoms with Gasteiger partial charge in [0.05, 0.1) is 0 Å². The van der Waals surface area contributed by atoms with E-state index in [0.29, 0.717) is 11.3 Å². The zero-order valence-corrected chi connectivity index (χ0v) is 14.9. The van der Waals surface area contributed by atoms with E-state index in [4.69, 9.17) is 0 Å². The Labute approximate surface area is 156 Å². The first-order valence-corrected chi connectivity index (χ1v) is 8.54. The van der Waals surface area contributed by atoms with Gasteiger partial charge in [0, 0.05) is 30.2 Å². The van der Waals surface area contributed by atoms with Crippen LogP contribution in [0.5, 0.6) is 0 Å². The van der Waals surface area contributed by atoms with Gasteiger partial charge in [-0.1, -0.05) is 54.6 Å². The molecule has 0 radical (unpaired) electrons. The van der Waals surface area contributed by atoms with Gasteiger partial charge in [0.1, 0.15) is 12.4 Å². The molecule has 2 N–H and O–H groups in total. The first-order valence-electron chi connectivity index (χ1n) is 8.54. The van der Waals surface area contributed by atoms with Crippen LogP contribution in [0, 0.1) is 5.82 Å². The van der Waals surface area contributed by atoms with Gasteiger partial charge >= 0.3 is 6.03 Å². The van der Waals surface area contributed by atoms with Crippen molar-refractivity contribution in [2.45, 2.75) is 6.54 Å². The molecule has 0 saturated heterocycles. The summed E-state index contributed by atoms with van der Waals surface area (Å²) in [5.41, 5.74) is 1.08. The van der Waals surface area contributed by atoms with Crippen molar-refractivity contribution in [1.29, 1.82) is 0 Å². The van der Waals surface area contributed by atoms with Gasteiger partial charge in [0.25, 0.3) is 0 Å². The number of carbonyl (C=O) groups excluding carboxylic acids is 2. The summed E-state index contributed by atoms with van der Waals surface area (Å²) in [6.07, 6.45) is 0.